The van der Waals surface area contributed by atoms with Gasteiger partial charge in [0.15, 0.2) is 11.5 Å². The highest BCUT2D eigenvalue weighted by Gasteiger charge is 2.26. The van der Waals surface area contributed by atoms with Crippen LogP contribution in [-0.4, -0.2) is 35.6 Å². The van der Waals surface area contributed by atoms with Gasteiger partial charge >= 0.3 is 0 Å². The molecule has 0 saturated heterocycles. The van der Waals surface area contributed by atoms with Crippen molar-refractivity contribution in [1.82, 2.24) is 10.2 Å². The zero-order chi connectivity index (χ0) is 21.5. The van der Waals surface area contributed by atoms with E-state index in [1.165, 1.54) is 0 Å². The molecule has 2 atom stereocenters. The van der Waals surface area contributed by atoms with E-state index in [0.717, 1.165) is 23.3 Å². The van der Waals surface area contributed by atoms with Crippen LogP contribution < -0.4 is 14.8 Å². The number of amides is 2. The maximum atomic E-state index is 13.1. The molecule has 0 spiro atoms. The third-order valence-electron chi connectivity index (χ3n) is 5.43. The first-order valence-corrected chi connectivity index (χ1v) is 10.5. The molecular formula is C24H30N2O4. The van der Waals surface area contributed by atoms with Crippen LogP contribution in [0, 0.1) is 0 Å². The van der Waals surface area contributed by atoms with Crippen molar-refractivity contribution in [3.8, 4) is 11.5 Å². The Morgan fingerprint density at radius 1 is 1.03 bits per heavy atom. The molecule has 1 N–H and O–H groups in total. The van der Waals surface area contributed by atoms with Crippen molar-refractivity contribution in [2.75, 3.05) is 6.79 Å². The minimum atomic E-state index is -0.552. The fraction of sp³-hybridized carbons (Fsp3) is 0.417. The quantitative estimate of drug-likeness (QED) is 0.685. The van der Waals surface area contributed by atoms with Crippen LogP contribution in [0.2, 0.25) is 0 Å². The highest BCUT2D eigenvalue weighted by molar-refractivity contribution is 5.87. The van der Waals surface area contributed by atoms with Gasteiger partial charge in [-0.25, -0.2) is 0 Å². The van der Waals surface area contributed by atoms with Crippen molar-refractivity contribution in [2.45, 2.75) is 58.7 Å². The Balaban J connectivity index is 1.69. The van der Waals surface area contributed by atoms with Crippen molar-refractivity contribution in [3.05, 3.63) is 59.7 Å². The summed E-state index contributed by atoms with van der Waals surface area (Å²) in [5.41, 5.74) is 2.00. The van der Waals surface area contributed by atoms with E-state index < -0.39 is 6.04 Å². The first-order chi connectivity index (χ1) is 14.5. The molecule has 0 bridgehead atoms. The number of rotatable bonds is 9. The monoisotopic (exact) mass is 410 g/mol. The average molecular weight is 411 g/mol. The summed E-state index contributed by atoms with van der Waals surface area (Å²) in [6.45, 7) is 6.40. The van der Waals surface area contributed by atoms with Gasteiger partial charge in [-0.2, -0.15) is 0 Å². The summed E-state index contributed by atoms with van der Waals surface area (Å²) in [6, 6.07) is 15.0. The number of carbonyl (C=O) groups is 2. The van der Waals surface area contributed by atoms with Gasteiger partial charge in [-0.05, 0) is 49.9 Å². The van der Waals surface area contributed by atoms with Crippen molar-refractivity contribution < 1.29 is 19.1 Å². The zero-order valence-electron chi connectivity index (χ0n) is 17.9. The number of ether oxygens (including phenoxy) is 2. The summed E-state index contributed by atoms with van der Waals surface area (Å²) in [5, 5.41) is 2.99. The molecule has 30 heavy (non-hydrogen) atoms. The van der Waals surface area contributed by atoms with Crippen LogP contribution in [0.15, 0.2) is 48.5 Å². The molecule has 2 aromatic rings. The maximum Gasteiger partial charge on any atom is 0.242 e. The molecule has 160 valence electrons. The Kier molecular flexibility index (Phi) is 7.33. The van der Waals surface area contributed by atoms with Crippen molar-refractivity contribution in [2.24, 2.45) is 0 Å². The van der Waals surface area contributed by atoms with Crippen molar-refractivity contribution in [1.29, 1.82) is 0 Å². The average Bonchev–Trinajstić information content (AvgIpc) is 3.23. The van der Waals surface area contributed by atoms with E-state index in [4.69, 9.17) is 9.47 Å². The molecule has 0 saturated carbocycles. The number of hydrogen-bond acceptors (Lipinski definition) is 4. The lowest BCUT2D eigenvalue weighted by Crippen LogP contribution is -2.49. The lowest BCUT2D eigenvalue weighted by molar-refractivity contribution is -0.140. The fourth-order valence-electron chi connectivity index (χ4n) is 3.32. The van der Waals surface area contributed by atoms with E-state index in [1.54, 1.807) is 11.8 Å². The highest BCUT2D eigenvalue weighted by Crippen LogP contribution is 2.32. The minimum Gasteiger partial charge on any atom is -0.454 e. The van der Waals surface area contributed by atoms with E-state index in [0.29, 0.717) is 25.1 Å². The number of carbonyl (C=O) groups excluding carboxylic acids is 2. The van der Waals surface area contributed by atoms with Crippen LogP contribution in [0.5, 0.6) is 11.5 Å². The largest absolute Gasteiger partial charge is 0.454 e. The predicted octanol–water partition coefficient (Wildman–Crippen LogP) is 3.68. The van der Waals surface area contributed by atoms with Crippen LogP contribution in [-0.2, 0) is 22.6 Å². The molecule has 6 heteroatoms. The maximum absolute atomic E-state index is 13.1. The van der Waals surface area contributed by atoms with E-state index in [2.05, 4.69) is 5.32 Å². The second-order valence-electron chi connectivity index (χ2n) is 7.69. The molecule has 2 aromatic carbocycles. The van der Waals surface area contributed by atoms with Crippen LogP contribution >= 0.6 is 0 Å². The van der Waals surface area contributed by atoms with Gasteiger partial charge in [0, 0.05) is 19.0 Å². The summed E-state index contributed by atoms with van der Waals surface area (Å²) in [7, 11) is 0. The number of nitrogens with zero attached hydrogens (tertiary/aromatic N) is 1. The van der Waals surface area contributed by atoms with E-state index >= 15 is 0 Å². The van der Waals surface area contributed by atoms with Crippen molar-refractivity contribution in [3.63, 3.8) is 0 Å². The molecule has 0 aliphatic carbocycles. The van der Waals surface area contributed by atoms with Gasteiger partial charge in [0.1, 0.15) is 6.04 Å². The minimum absolute atomic E-state index is 0.0525. The van der Waals surface area contributed by atoms with Gasteiger partial charge in [0.05, 0.1) is 0 Å². The van der Waals surface area contributed by atoms with E-state index in [9.17, 15) is 9.59 Å². The van der Waals surface area contributed by atoms with Crippen LogP contribution in [0.4, 0.5) is 0 Å². The van der Waals surface area contributed by atoms with E-state index in [-0.39, 0.29) is 24.6 Å². The number of nitrogens with one attached hydrogen (secondary N) is 1. The topological polar surface area (TPSA) is 67.9 Å². The van der Waals surface area contributed by atoms with Gasteiger partial charge in [0.25, 0.3) is 0 Å². The predicted molar refractivity (Wildman–Crippen MR) is 115 cm³/mol. The third-order valence-corrected chi connectivity index (χ3v) is 5.43. The van der Waals surface area contributed by atoms with Crippen molar-refractivity contribution >= 4 is 11.8 Å². The molecule has 2 amide bonds. The van der Waals surface area contributed by atoms with Gasteiger partial charge in [-0.1, -0.05) is 43.3 Å². The fourth-order valence-corrected chi connectivity index (χ4v) is 3.32. The first-order valence-electron chi connectivity index (χ1n) is 10.5. The van der Waals surface area contributed by atoms with Gasteiger partial charge in [-0.15, -0.1) is 0 Å². The number of fused-ring (bicyclic) bond motifs is 1. The smallest absolute Gasteiger partial charge is 0.242 e. The number of hydrogen-bond donors (Lipinski definition) is 1. The Labute approximate surface area is 178 Å². The molecule has 0 aromatic heterocycles. The Bertz CT molecular complexity index is 869. The summed E-state index contributed by atoms with van der Waals surface area (Å²) < 4.78 is 10.8. The highest BCUT2D eigenvalue weighted by atomic mass is 16.7. The molecular weight excluding hydrogens is 380 g/mol. The third kappa shape index (κ3) is 5.53. The summed E-state index contributed by atoms with van der Waals surface area (Å²) in [4.78, 5) is 27.5. The molecule has 1 heterocycles. The number of benzene rings is 2. The van der Waals surface area contributed by atoms with Gasteiger partial charge in [0.2, 0.25) is 18.6 Å². The number of aryl methyl sites for hydroxylation is 1. The normalized spacial score (nSPS) is 14.1. The Hall–Kier alpha value is -3.02. The summed E-state index contributed by atoms with van der Waals surface area (Å²) >= 11 is 0. The molecule has 0 radical (unpaired) electrons. The lowest BCUT2D eigenvalue weighted by atomic mass is 10.1. The summed E-state index contributed by atoms with van der Waals surface area (Å²) in [5.74, 6) is 1.26. The van der Waals surface area contributed by atoms with Crippen LogP contribution in [0.1, 0.15) is 44.7 Å². The standard InChI is InChI=1S/C24H30N2O4/c1-4-17(2)25-24(28)18(3)26(15-20-8-6-5-7-9-20)23(27)13-11-19-10-12-21-22(14-19)30-16-29-21/h5-10,12,14,17-18H,4,11,13,15-16H2,1-3H3,(H,25,28)/t17-,18+/m0/s1. The molecule has 6 nitrogen and oxygen atoms in total. The van der Waals surface area contributed by atoms with Crippen LogP contribution in [0.25, 0.3) is 0 Å². The summed E-state index contributed by atoms with van der Waals surface area (Å²) in [6.07, 6.45) is 1.73. The molecule has 0 unspecified atom stereocenters. The molecule has 1 aliphatic heterocycles. The molecule has 3 rings (SSSR count). The van der Waals surface area contributed by atoms with Gasteiger partial charge in [-0.3, -0.25) is 9.59 Å². The second kappa shape index (κ2) is 10.1. The molecule has 0 fully saturated rings. The van der Waals surface area contributed by atoms with Crippen LogP contribution in [0.3, 0.4) is 0 Å². The lowest BCUT2D eigenvalue weighted by Gasteiger charge is -2.29. The Morgan fingerprint density at radius 2 is 1.77 bits per heavy atom. The Morgan fingerprint density at radius 3 is 2.50 bits per heavy atom. The van der Waals surface area contributed by atoms with Gasteiger partial charge < -0.3 is 19.7 Å². The zero-order valence-corrected chi connectivity index (χ0v) is 17.9. The SMILES string of the molecule is CC[C@H](C)NC(=O)[C@@H](C)N(Cc1ccccc1)C(=O)CCc1ccc2c(c1)OCO2. The first kappa shape index (κ1) is 21.7. The molecule has 1 aliphatic rings. The van der Waals surface area contributed by atoms with E-state index in [1.807, 2.05) is 62.4 Å². The second-order valence-corrected chi connectivity index (χ2v) is 7.69.